The van der Waals surface area contributed by atoms with Gasteiger partial charge in [0.25, 0.3) is 0 Å². The third kappa shape index (κ3) is 5.28. The van der Waals surface area contributed by atoms with E-state index in [1.54, 1.807) is 0 Å². The van der Waals surface area contributed by atoms with Crippen LogP contribution in [0.1, 0.15) is 52.4 Å². The average molecular weight is 465 g/mol. The van der Waals surface area contributed by atoms with Gasteiger partial charge in [-0.2, -0.15) is 0 Å². The molecule has 0 aromatic heterocycles. The zero-order valence-electron chi connectivity index (χ0n) is 14.5. The van der Waals surface area contributed by atoms with Crippen LogP contribution < -0.4 is 0 Å². The monoisotopic (exact) mass is 462 g/mol. The fourth-order valence-electron chi connectivity index (χ4n) is 3.51. The van der Waals surface area contributed by atoms with E-state index in [1.165, 1.54) is 32.7 Å². The summed E-state index contributed by atoms with van der Waals surface area (Å²) in [6.45, 7) is 4.77. The molecule has 0 spiro atoms. The van der Waals surface area contributed by atoms with Gasteiger partial charge in [0.05, 0.1) is 9.52 Å². The Hall–Kier alpha value is 0.560. The van der Waals surface area contributed by atoms with Crippen LogP contribution in [-0.4, -0.2) is 32.9 Å². The summed E-state index contributed by atoms with van der Waals surface area (Å²) in [5.41, 5.74) is 5.32. The molecule has 0 aromatic carbocycles. The number of halogens is 2. The van der Waals surface area contributed by atoms with Crippen LogP contribution in [0.5, 0.6) is 0 Å². The standard InChI is InChI=1S/C18H26Cl2O2Si.Zr/c1-11-9-15(19)13(5-3-7-21)17(11)23-18-12(2)10-16(20)14(18)6-4-8-22;/h21-22H,3-10,23H2,1-2H3;. The van der Waals surface area contributed by atoms with Crippen molar-refractivity contribution in [3.63, 3.8) is 0 Å². The minimum Gasteiger partial charge on any atom is -0.396 e. The van der Waals surface area contributed by atoms with E-state index in [4.69, 9.17) is 33.4 Å². The van der Waals surface area contributed by atoms with Gasteiger partial charge in [-0.05, 0) is 50.7 Å². The predicted molar refractivity (Wildman–Crippen MR) is 102 cm³/mol. The molecule has 2 aliphatic rings. The maximum atomic E-state index is 9.14. The molecule has 0 amide bonds. The molecule has 0 unspecified atom stereocenters. The van der Waals surface area contributed by atoms with Crippen molar-refractivity contribution < 1.29 is 36.4 Å². The largest absolute Gasteiger partial charge is 0.396 e. The Morgan fingerprint density at radius 2 is 1.21 bits per heavy atom. The van der Waals surface area contributed by atoms with E-state index in [0.717, 1.165) is 48.6 Å². The number of allylic oxidation sites excluding steroid dienone is 8. The molecule has 0 radical (unpaired) electrons. The van der Waals surface area contributed by atoms with Gasteiger partial charge in [0.15, 0.2) is 0 Å². The normalized spacial score (nSPS) is 18.2. The molecule has 0 heterocycles. The number of aliphatic hydroxyl groups excluding tert-OH is 2. The Kier molecular flexibility index (Phi) is 10.0. The maximum absolute atomic E-state index is 9.14. The van der Waals surface area contributed by atoms with E-state index in [1.807, 2.05) is 0 Å². The quantitative estimate of drug-likeness (QED) is 0.533. The third-order valence-electron chi connectivity index (χ3n) is 4.78. The van der Waals surface area contributed by atoms with Crippen molar-refractivity contribution in [2.45, 2.75) is 52.4 Å². The molecule has 0 bridgehead atoms. The van der Waals surface area contributed by atoms with Crippen LogP contribution in [0.4, 0.5) is 0 Å². The van der Waals surface area contributed by atoms with E-state index in [-0.39, 0.29) is 39.4 Å². The van der Waals surface area contributed by atoms with Gasteiger partial charge < -0.3 is 10.2 Å². The van der Waals surface area contributed by atoms with E-state index in [2.05, 4.69) is 13.8 Å². The molecule has 0 saturated carbocycles. The second-order valence-electron chi connectivity index (χ2n) is 6.47. The minimum absolute atomic E-state index is 0. The van der Waals surface area contributed by atoms with Crippen molar-refractivity contribution in [3.8, 4) is 0 Å². The van der Waals surface area contributed by atoms with Gasteiger partial charge in [0, 0.05) is 62.3 Å². The summed E-state index contributed by atoms with van der Waals surface area (Å²) in [5.74, 6) is 0. The Morgan fingerprint density at radius 1 is 0.833 bits per heavy atom. The summed E-state index contributed by atoms with van der Waals surface area (Å²) in [6.07, 6.45) is 4.99. The molecular formula is C18H26Cl2O2SiZr. The first-order chi connectivity index (χ1) is 11.0. The molecule has 2 rings (SSSR count). The second kappa shape index (κ2) is 10.6. The van der Waals surface area contributed by atoms with Gasteiger partial charge in [-0.1, -0.05) is 44.7 Å². The van der Waals surface area contributed by atoms with Crippen LogP contribution in [0.25, 0.3) is 0 Å². The zero-order chi connectivity index (χ0) is 17.0. The van der Waals surface area contributed by atoms with Gasteiger partial charge in [-0.25, -0.2) is 0 Å². The molecule has 2 N–H and O–H groups in total. The van der Waals surface area contributed by atoms with Crippen molar-refractivity contribution in [3.05, 3.63) is 42.7 Å². The average Bonchev–Trinajstić information content (AvgIpc) is 2.92. The van der Waals surface area contributed by atoms with Gasteiger partial charge in [-0.15, -0.1) is 0 Å². The van der Waals surface area contributed by atoms with Crippen LogP contribution in [-0.2, 0) is 26.2 Å². The number of aliphatic hydroxyl groups is 2. The van der Waals surface area contributed by atoms with Crippen molar-refractivity contribution in [1.82, 2.24) is 0 Å². The van der Waals surface area contributed by atoms with Gasteiger partial charge in [0.1, 0.15) is 0 Å². The summed E-state index contributed by atoms with van der Waals surface area (Å²) in [7, 11) is -0.634. The molecule has 2 nitrogen and oxygen atoms in total. The molecule has 0 fully saturated rings. The Labute approximate surface area is 176 Å². The summed E-state index contributed by atoms with van der Waals surface area (Å²) in [6, 6.07) is 0. The predicted octanol–water partition coefficient (Wildman–Crippen LogP) is 4.04. The minimum atomic E-state index is -0.634. The first-order valence-electron chi connectivity index (χ1n) is 8.34. The van der Waals surface area contributed by atoms with Crippen molar-refractivity contribution >= 4 is 32.7 Å². The molecule has 0 atom stereocenters. The molecule has 132 valence electrons. The van der Waals surface area contributed by atoms with Gasteiger partial charge in [-0.3, -0.25) is 0 Å². The molecule has 0 aromatic rings. The van der Waals surface area contributed by atoms with Crippen molar-refractivity contribution in [2.24, 2.45) is 0 Å². The second-order valence-corrected chi connectivity index (χ2v) is 9.15. The Morgan fingerprint density at radius 3 is 1.54 bits per heavy atom. The van der Waals surface area contributed by atoms with E-state index in [0.29, 0.717) is 0 Å². The summed E-state index contributed by atoms with van der Waals surface area (Å²) >= 11 is 12.9. The maximum Gasteiger partial charge on any atom is 0.0882 e. The third-order valence-corrected chi connectivity index (χ3v) is 8.27. The zero-order valence-corrected chi connectivity index (χ0v) is 19.9. The molecule has 0 saturated heterocycles. The summed E-state index contributed by atoms with van der Waals surface area (Å²) in [5, 5.41) is 23.1. The van der Waals surface area contributed by atoms with Gasteiger partial charge in [0.2, 0.25) is 0 Å². The first kappa shape index (κ1) is 22.6. The Bertz CT molecular complexity index is 554. The van der Waals surface area contributed by atoms with Crippen LogP contribution in [0.2, 0.25) is 0 Å². The first-order valence-corrected chi connectivity index (χ1v) is 10.5. The van der Waals surface area contributed by atoms with Crippen molar-refractivity contribution in [1.29, 1.82) is 0 Å². The molecule has 0 aliphatic heterocycles. The van der Waals surface area contributed by atoms with Crippen LogP contribution in [0, 0.1) is 0 Å². The summed E-state index contributed by atoms with van der Waals surface area (Å²) in [4.78, 5) is 0. The molecule has 24 heavy (non-hydrogen) atoms. The topological polar surface area (TPSA) is 40.5 Å². The number of hydrogen-bond acceptors (Lipinski definition) is 2. The van der Waals surface area contributed by atoms with E-state index < -0.39 is 9.52 Å². The fourth-order valence-corrected chi connectivity index (χ4v) is 6.97. The summed E-state index contributed by atoms with van der Waals surface area (Å²) < 4.78 is 0. The SMILES string of the molecule is CC1=C([SiH2]C2=C(C)CC(Cl)=C2CCCO)C(CCCO)=C(Cl)C1.[Zr]. The number of hydrogen-bond donors (Lipinski definition) is 2. The van der Waals surface area contributed by atoms with Crippen LogP contribution in [0.15, 0.2) is 42.7 Å². The van der Waals surface area contributed by atoms with Crippen LogP contribution >= 0.6 is 23.2 Å². The Balaban J connectivity index is 0.00000288. The smallest absolute Gasteiger partial charge is 0.0882 e. The molecule has 2 aliphatic carbocycles. The van der Waals surface area contributed by atoms with E-state index in [9.17, 15) is 0 Å². The van der Waals surface area contributed by atoms with Crippen molar-refractivity contribution in [2.75, 3.05) is 13.2 Å². The van der Waals surface area contributed by atoms with Gasteiger partial charge >= 0.3 is 0 Å². The van der Waals surface area contributed by atoms with Crippen LogP contribution in [0.3, 0.4) is 0 Å². The molecule has 6 heteroatoms. The van der Waals surface area contributed by atoms with E-state index >= 15 is 0 Å². The molecular weight excluding hydrogens is 438 g/mol. The fraction of sp³-hybridized carbons (Fsp3) is 0.556. The number of rotatable bonds is 8.